The Hall–Kier alpha value is 0.0969. The van der Waals surface area contributed by atoms with Crippen molar-refractivity contribution >= 4 is 9.36 Å². The second-order valence-corrected chi connectivity index (χ2v) is 5.89. The van der Waals surface area contributed by atoms with E-state index < -0.39 is 9.36 Å². The van der Waals surface area contributed by atoms with E-state index in [2.05, 4.69) is 23.8 Å². The Kier molecular flexibility index (Phi) is 6.43. The number of nitrogens with one attached hydrogen (secondary N) is 2. The average molecular weight is 216 g/mol. The van der Waals surface area contributed by atoms with Crippen molar-refractivity contribution in [2.45, 2.75) is 39.5 Å². The van der Waals surface area contributed by atoms with E-state index in [1.54, 1.807) is 0 Å². The van der Waals surface area contributed by atoms with E-state index in [-0.39, 0.29) is 0 Å². The van der Waals surface area contributed by atoms with Crippen LogP contribution in [0.1, 0.15) is 39.5 Å². The van der Waals surface area contributed by atoms with Crippen LogP contribution in [0.15, 0.2) is 0 Å². The fourth-order valence-electron chi connectivity index (χ4n) is 1.97. The summed E-state index contributed by atoms with van der Waals surface area (Å²) >= 11 is 0. The topological polar surface area (TPSA) is 33.3 Å². The fraction of sp³-hybridized carbons (Fsp3) is 1.00. The van der Waals surface area contributed by atoms with Crippen molar-refractivity contribution in [2.24, 2.45) is 5.92 Å². The summed E-state index contributed by atoms with van der Waals surface area (Å²) in [7, 11) is -1.29. The molecule has 84 valence electrons. The lowest BCUT2D eigenvalue weighted by molar-refractivity contribution is 0.241. The van der Waals surface area contributed by atoms with Crippen LogP contribution in [0.4, 0.5) is 0 Å². The van der Waals surface area contributed by atoms with Gasteiger partial charge in [0.1, 0.15) is 0 Å². The predicted molar refractivity (Wildman–Crippen MR) is 62.4 cm³/mol. The third-order valence-electron chi connectivity index (χ3n) is 2.75. The molecule has 0 amide bonds. The molecule has 0 saturated heterocycles. The molecular weight excluding hydrogens is 192 g/mol. The van der Waals surface area contributed by atoms with Gasteiger partial charge in [0.25, 0.3) is 0 Å². The molecule has 14 heavy (non-hydrogen) atoms. The second kappa shape index (κ2) is 7.40. The van der Waals surface area contributed by atoms with Crippen molar-refractivity contribution in [3.63, 3.8) is 0 Å². The zero-order valence-corrected chi connectivity index (χ0v) is 10.7. The first-order valence-electron chi connectivity index (χ1n) is 5.95. The van der Waals surface area contributed by atoms with E-state index in [9.17, 15) is 0 Å². The largest absolute Gasteiger partial charge is 0.394 e. The van der Waals surface area contributed by atoms with Crippen molar-refractivity contribution in [2.75, 3.05) is 19.7 Å². The van der Waals surface area contributed by atoms with Gasteiger partial charge >= 0.3 is 9.36 Å². The Balaban J connectivity index is 2.10. The summed E-state index contributed by atoms with van der Waals surface area (Å²) in [6, 6.07) is 0. The minimum atomic E-state index is -1.29. The first kappa shape index (κ1) is 12.2. The maximum atomic E-state index is 5.92. The fourth-order valence-corrected chi connectivity index (χ4v) is 3.56. The van der Waals surface area contributed by atoms with Crippen LogP contribution >= 0.6 is 0 Å². The molecule has 1 aliphatic rings. The Labute approximate surface area is 89.5 Å². The molecular formula is C10H24N2OSi. The third-order valence-corrected chi connectivity index (χ3v) is 4.84. The molecule has 1 rings (SSSR count). The van der Waals surface area contributed by atoms with Crippen LogP contribution < -0.4 is 9.96 Å². The molecule has 0 heterocycles. The minimum absolute atomic E-state index is 0.835. The van der Waals surface area contributed by atoms with Gasteiger partial charge in [0.05, 0.1) is 0 Å². The van der Waals surface area contributed by atoms with Gasteiger partial charge in [-0.25, -0.2) is 0 Å². The van der Waals surface area contributed by atoms with Crippen LogP contribution in [0.2, 0.25) is 0 Å². The van der Waals surface area contributed by atoms with E-state index in [4.69, 9.17) is 4.43 Å². The summed E-state index contributed by atoms with van der Waals surface area (Å²) in [5.41, 5.74) is 0. The lowest BCUT2D eigenvalue weighted by atomic mass is 10.1. The molecule has 0 spiro atoms. The molecule has 0 aliphatic heterocycles. The van der Waals surface area contributed by atoms with Crippen molar-refractivity contribution in [1.82, 2.24) is 9.96 Å². The summed E-state index contributed by atoms with van der Waals surface area (Å²) in [5, 5.41) is 0. The van der Waals surface area contributed by atoms with Crippen LogP contribution in [-0.2, 0) is 4.43 Å². The summed E-state index contributed by atoms with van der Waals surface area (Å²) in [5.74, 6) is 0.835. The van der Waals surface area contributed by atoms with Crippen LogP contribution in [0, 0.1) is 5.92 Å². The normalized spacial score (nSPS) is 18.2. The molecule has 0 unspecified atom stereocenters. The first-order valence-corrected chi connectivity index (χ1v) is 7.57. The van der Waals surface area contributed by atoms with E-state index in [1.165, 1.54) is 25.7 Å². The molecule has 0 aromatic rings. The minimum Gasteiger partial charge on any atom is -0.394 e. The molecule has 3 nitrogen and oxygen atoms in total. The molecule has 0 aromatic carbocycles. The average Bonchev–Trinajstić information content (AvgIpc) is 2.67. The van der Waals surface area contributed by atoms with Gasteiger partial charge in [-0.15, -0.1) is 0 Å². The van der Waals surface area contributed by atoms with Crippen molar-refractivity contribution < 1.29 is 4.43 Å². The lowest BCUT2D eigenvalue weighted by Crippen LogP contribution is -2.50. The highest BCUT2D eigenvalue weighted by Crippen LogP contribution is 2.24. The van der Waals surface area contributed by atoms with Gasteiger partial charge in [-0.3, -0.25) is 0 Å². The van der Waals surface area contributed by atoms with E-state index >= 15 is 0 Å². The maximum Gasteiger partial charge on any atom is 0.335 e. The van der Waals surface area contributed by atoms with Gasteiger partial charge in [0, 0.05) is 6.61 Å². The molecule has 1 saturated carbocycles. The zero-order valence-electron chi connectivity index (χ0n) is 9.51. The van der Waals surface area contributed by atoms with Gasteiger partial charge < -0.3 is 14.4 Å². The quantitative estimate of drug-likeness (QED) is 0.626. The Morgan fingerprint density at radius 3 is 2.21 bits per heavy atom. The summed E-state index contributed by atoms with van der Waals surface area (Å²) < 4.78 is 5.92. The Morgan fingerprint density at radius 2 is 1.71 bits per heavy atom. The molecule has 4 heteroatoms. The Bertz CT molecular complexity index is 134. The van der Waals surface area contributed by atoms with E-state index in [0.29, 0.717) is 0 Å². The molecule has 0 atom stereocenters. The van der Waals surface area contributed by atoms with Crippen molar-refractivity contribution in [1.29, 1.82) is 0 Å². The molecule has 0 radical (unpaired) electrons. The number of hydrogen-bond donors (Lipinski definition) is 2. The zero-order chi connectivity index (χ0) is 10.2. The predicted octanol–water partition coefficient (Wildman–Crippen LogP) is 1.13. The van der Waals surface area contributed by atoms with Crippen molar-refractivity contribution in [3.05, 3.63) is 0 Å². The highest BCUT2D eigenvalue weighted by Gasteiger charge is 2.17. The van der Waals surface area contributed by atoms with Gasteiger partial charge in [0.15, 0.2) is 0 Å². The van der Waals surface area contributed by atoms with Crippen molar-refractivity contribution in [3.8, 4) is 0 Å². The number of rotatable bonds is 7. The monoisotopic (exact) mass is 216 g/mol. The van der Waals surface area contributed by atoms with Crippen LogP contribution in [0.25, 0.3) is 0 Å². The third kappa shape index (κ3) is 4.55. The lowest BCUT2D eigenvalue weighted by Gasteiger charge is -2.19. The molecule has 1 aliphatic carbocycles. The SMILES string of the molecule is CCN[SiH](NCC)OCC1CCCC1. The molecule has 1 fully saturated rings. The van der Waals surface area contributed by atoms with Gasteiger partial charge in [-0.1, -0.05) is 26.7 Å². The van der Waals surface area contributed by atoms with Gasteiger partial charge in [-0.2, -0.15) is 0 Å². The van der Waals surface area contributed by atoms with E-state index in [1.807, 2.05) is 0 Å². The molecule has 0 bridgehead atoms. The van der Waals surface area contributed by atoms with Gasteiger partial charge in [-0.05, 0) is 31.8 Å². The summed E-state index contributed by atoms with van der Waals surface area (Å²) in [6.45, 7) is 7.26. The number of hydrogen-bond acceptors (Lipinski definition) is 3. The van der Waals surface area contributed by atoms with Gasteiger partial charge in [0.2, 0.25) is 0 Å². The second-order valence-electron chi connectivity index (χ2n) is 3.98. The van der Waals surface area contributed by atoms with Crippen LogP contribution in [0.3, 0.4) is 0 Å². The smallest absolute Gasteiger partial charge is 0.335 e. The highest BCUT2D eigenvalue weighted by atomic mass is 28.3. The van der Waals surface area contributed by atoms with Crippen LogP contribution in [-0.4, -0.2) is 29.1 Å². The first-order chi connectivity index (χ1) is 6.86. The maximum absolute atomic E-state index is 5.92. The summed E-state index contributed by atoms with van der Waals surface area (Å²) in [4.78, 5) is 6.83. The molecule has 0 aromatic heterocycles. The van der Waals surface area contributed by atoms with E-state index in [0.717, 1.165) is 25.6 Å². The molecule has 2 N–H and O–H groups in total. The standard InChI is InChI=1S/C10H24N2OSi/c1-3-11-14(12-4-2)13-9-10-7-5-6-8-10/h10-12,14H,3-9H2,1-2H3. The highest BCUT2D eigenvalue weighted by molar-refractivity contribution is 6.45. The Morgan fingerprint density at radius 1 is 1.14 bits per heavy atom. The summed E-state index contributed by atoms with van der Waals surface area (Å²) in [6.07, 6.45) is 5.56. The van der Waals surface area contributed by atoms with Crippen LogP contribution in [0.5, 0.6) is 0 Å².